The molecule has 3 rings (SSSR count). The molecule has 1 fully saturated rings. The molecule has 0 saturated carbocycles. The summed E-state index contributed by atoms with van der Waals surface area (Å²) in [7, 11) is 0. The Kier molecular flexibility index (Phi) is 4.97. The molecular formula is C16H20N4O2S. The quantitative estimate of drug-likeness (QED) is 0.861. The van der Waals surface area contributed by atoms with Crippen molar-refractivity contribution >= 4 is 17.2 Å². The molecule has 1 amide bonds. The summed E-state index contributed by atoms with van der Waals surface area (Å²) in [6, 6.07) is 1.76. The third-order valence-corrected chi connectivity index (χ3v) is 4.96. The Morgan fingerprint density at radius 1 is 1.43 bits per heavy atom. The number of ether oxygens (including phenoxy) is 1. The van der Waals surface area contributed by atoms with Gasteiger partial charge in [0, 0.05) is 32.1 Å². The number of likely N-dealkylation sites (tertiary alicyclic amines) is 1. The molecular weight excluding hydrogens is 312 g/mol. The van der Waals surface area contributed by atoms with Crippen LogP contribution in [0.5, 0.6) is 0 Å². The fraction of sp³-hybridized carbons (Fsp3) is 0.500. The summed E-state index contributed by atoms with van der Waals surface area (Å²) in [5, 5.41) is 0.685. The normalized spacial score (nSPS) is 18.2. The second kappa shape index (κ2) is 7.14. The topological polar surface area (TPSA) is 68.2 Å². The number of hydrogen-bond acceptors (Lipinski definition) is 6. The summed E-state index contributed by atoms with van der Waals surface area (Å²) < 4.78 is 5.68. The van der Waals surface area contributed by atoms with Crippen molar-refractivity contribution in [1.29, 1.82) is 0 Å². The fourth-order valence-electron chi connectivity index (χ4n) is 2.74. The second-order valence-electron chi connectivity index (χ2n) is 5.48. The van der Waals surface area contributed by atoms with Crippen molar-refractivity contribution in [2.45, 2.75) is 32.8 Å². The van der Waals surface area contributed by atoms with Crippen molar-refractivity contribution in [1.82, 2.24) is 19.9 Å². The van der Waals surface area contributed by atoms with E-state index in [2.05, 4.69) is 15.0 Å². The average molecular weight is 332 g/mol. The van der Waals surface area contributed by atoms with Crippen LogP contribution in [-0.2, 0) is 4.74 Å². The van der Waals surface area contributed by atoms with Crippen LogP contribution in [0, 0.1) is 6.92 Å². The molecule has 2 aromatic heterocycles. The molecule has 1 aliphatic heterocycles. The molecule has 23 heavy (non-hydrogen) atoms. The molecule has 6 nitrogen and oxygen atoms in total. The van der Waals surface area contributed by atoms with Crippen LogP contribution in [0.4, 0.5) is 0 Å². The van der Waals surface area contributed by atoms with Crippen molar-refractivity contribution in [2.75, 3.05) is 19.7 Å². The van der Waals surface area contributed by atoms with Gasteiger partial charge in [0.2, 0.25) is 0 Å². The Bertz CT molecular complexity index is 672. The maximum Gasteiger partial charge on any atom is 0.265 e. The lowest BCUT2D eigenvalue weighted by molar-refractivity contribution is 0.00738. The number of piperidine rings is 1. The molecule has 0 spiro atoms. The Labute approximate surface area is 139 Å². The zero-order chi connectivity index (χ0) is 16.2. The minimum Gasteiger partial charge on any atom is -0.377 e. The van der Waals surface area contributed by atoms with Crippen LogP contribution in [0.1, 0.15) is 35.1 Å². The van der Waals surface area contributed by atoms with Crippen molar-refractivity contribution in [3.05, 3.63) is 29.0 Å². The van der Waals surface area contributed by atoms with Gasteiger partial charge in [-0.25, -0.2) is 15.0 Å². The first kappa shape index (κ1) is 16.0. The Balaban J connectivity index is 1.79. The van der Waals surface area contributed by atoms with E-state index in [1.807, 2.05) is 18.7 Å². The average Bonchev–Trinajstić information content (AvgIpc) is 2.97. The van der Waals surface area contributed by atoms with Gasteiger partial charge in [-0.3, -0.25) is 4.79 Å². The molecule has 0 N–H and O–H groups in total. The number of aromatic nitrogens is 3. The summed E-state index contributed by atoms with van der Waals surface area (Å²) in [6.45, 7) is 5.96. The van der Waals surface area contributed by atoms with Gasteiger partial charge in [-0.15, -0.1) is 11.3 Å². The van der Waals surface area contributed by atoms with E-state index in [1.165, 1.54) is 11.3 Å². The third-order valence-electron chi connectivity index (χ3n) is 3.82. The lowest BCUT2D eigenvalue weighted by Gasteiger charge is -2.32. The summed E-state index contributed by atoms with van der Waals surface area (Å²) >= 11 is 1.36. The molecule has 7 heteroatoms. The molecule has 1 atom stereocenters. The number of amides is 1. The maximum absolute atomic E-state index is 12.8. The van der Waals surface area contributed by atoms with Gasteiger partial charge in [0.15, 0.2) is 10.8 Å². The van der Waals surface area contributed by atoms with Gasteiger partial charge in [0.05, 0.1) is 11.8 Å². The van der Waals surface area contributed by atoms with E-state index in [-0.39, 0.29) is 12.0 Å². The molecule has 122 valence electrons. The number of hydrogen-bond donors (Lipinski definition) is 0. The van der Waals surface area contributed by atoms with Crippen LogP contribution in [-0.4, -0.2) is 51.6 Å². The second-order valence-corrected chi connectivity index (χ2v) is 6.48. The largest absolute Gasteiger partial charge is 0.377 e. The first-order chi connectivity index (χ1) is 11.2. The highest BCUT2D eigenvalue weighted by Gasteiger charge is 2.27. The predicted octanol–water partition coefficient (Wildman–Crippen LogP) is 2.55. The highest BCUT2D eigenvalue weighted by atomic mass is 32.1. The Morgan fingerprint density at radius 2 is 2.22 bits per heavy atom. The van der Waals surface area contributed by atoms with Crippen LogP contribution in [0.3, 0.4) is 0 Å². The van der Waals surface area contributed by atoms with Crippen molar-refractivity contribution in [3.63, 3.8) is 0 Å². The third kappa shape index (κ3) is 3.56. The highest BCUT2D eigenvalue weighted by Crippen LogP contribution is 2.27. The van der Waals surface area contributed by atoms with Gasteiger partial charge in [-0.05, 0) is 32.8 Å². The van der Waals surface area contributed by atoms with Gasteiger partial charge in [-0.2, -0.15) is 0 Å². The standard InChI is InChI=1S/C16H20N4O2S/c1-3-22-12-6-4-9-20(10-12)16(21)13-11(2)19-15(23-13)14-17-7-5-8-18-14/h5,7-8,12H,3-4,6,9-10H2,1-2H3. The lowest BCUT2D eigenvalue weighted by atomic mass is 10.1. The Hall–Kier alpha value is -1.86. The van der Waals surface area contributed by atoms with Crippen molar-refractivity contribution < 1.29 is 9.53 Å². The van der Waals surface area contributed by atoms with Crippen molar-refractivity contribution in [3.8, 4) is 10.8 Å². The Morgan fingerprint density at radius 3 is 2.96 bits per heavy atom. The molecule has 1 aliphatic rings. The monoisotopic (exact) mass is 332 g/mol. The van der Waals surface area contributed by atoms with Crippen LogP contribution < -0.4 is 0 Å². The summed E-state index contributed by atoms with van der Waals surface area (Å²) in [5.74, 6) is 0.595. The SMILES string of the molecule is CCOC1CCCN(C(=O)c2sc(-c3ncccn3)nc2C)C1. The van der Waals surface area contributed by atoms with Gasteiger partial charge < -0.3 is 9.64 Å². The first-order valence-electron chi connectivity index (χ1n) is 7.84. The number of aryl methyl sites for hydroxylation is 1. The molecule has 0 radical (unpaired) electrons. The summed E-state index contributed by atoms with van der Waals surface area (Å²) in [6.07, 6.45) is 5.49. The molecule has 2 aromatic rings. The summed E-state index contributed by atoms with van der Waals surface area (Å²) in [5.41, 5.74) is 0.737. The van der Waals surface area contributed by atoms with E-state index in [0.717, 1.165) is 25.1 Å². The van der Waals surface area contributed by atoms with E-state index in [9.17, 15) is 4.79 Å². The van der Waals surface area contributed by atoms with Crippen LogP contribution >= 0.6 is 11.3 Å². The van der Waals surface area contributed by atoms with Crippen LogP contribution in [0.15, 0.2) is 18.5 Å². The van der Waals surface area contributed by atoms with Crippen LogP contribution in [0.2, 0.25) is 0 Å². The maximum atomic E-state index is 12.8. The lowest BCUT2D eigenvalue weighted by Crippen LogP contribution is -2.43. The summed E-state index contributed by atoms with van der Waals surface area (Å²) in [4.78, 5) is 28.2. The molecule has 1 unspecified atom stereocenters. The smallest absolute Gasteiger partial charge is 0.265 e. The van der Waals surface area contributed by atoms with Gasteiger partial charge in [0.1, 0.15) is 4.88 Å². The zero-order valence-corrected chi connectivity index (χ0v) is 14.2. The number of thiazole rings is 1. The molecule has 0 bridgehead atoms. The number of carbonyl (C=O) groups excluding carboxylic acids is 1. The van der Waals surface area contributed by atoms with Crippen LogP contribution in [0.25, 0.3) is 10.8 Å². The van der Waals surface area contributed by atoms with E-state index < -0.39 is 0 Å². The zero-order valence-electron chi connectivity index (χ0n) is 13.4. The fourth-order valence-corrected chi connectivity index (χ4v) is 3.72. The molecule has 3 heterocycles. The number of rotatable bonds is 4. The van der Waals surface area contributed by atoms with Gasteiger partial charge in [-0.1, -0.05) is 0 Å². The number of nitrogens with zero attached hydrogens (tertiary/aromatic N) is 4. The predicted molar refractivity (Wildman–Crippen MR) is 88.4 cm³/mol. The number of carbonyl (C=O) groups is 1. The minimum atomic E-state index is 0.0339. The van der Waals surface area contributed by atoms with E-state index in [1.54, 1.807) is 18.5 Å². The first-order valence-corrected chi connectivity index (χ1v) is 8.66. The van der Waals surface area contributed by atoms with E-state index in [4.69, 9.17) is 4.74 Å². The van der Waals surface area contributed by atoms with E-state index in [0.29, 0.717) is 28.9 Å². The van der Waals surface area contributed by atoms with Gasteiger partial charge >= 0.3 is 0 Å². The molecule has 0 aliphatic carbocycles. The minimum absolute atomic E-state index is 0.0339. The highest BCUT2D eigenvalue weighted by molar-refractivity contribution is 7.17. The van der Waals surface area contributed by atoms with E-state index >= 15 is 0 Å². The molecule has 0 aromatic carbocycles. The molecule has 1 saturated heterocycles. The van der Waals surface area contributed by atoms with Gasteiger partial charge in [0.25, 0.3) is 5.91 Å². The van der Waals surface area contributed by atoms with Crippen molar-refractivity contribution in [2.24, 2.45) is 0 Å².